The average molecular weight is 263 g/mol. The van der Waals surface area contributed by atoms with E-state index in [9.17, 15) is 0 Å². The third-order valence-corrected chi connectivity index (χ3v) is 9.53. The minimum absolute atomic E-state index is 0.709. The molecule has 3 nitrogen and oxygen atoms in total. The van der Waals surface area contributed by atoms with Crippen molar-refractivity contribution in [3.8, 4) is 0 Å². The van der Waals surface area contributed by atoms with Crippen LogP contribution in [0.1, 0.15) is 27.7 Å². The number of rotatable bonds is 8. The highest BCUT2D eigenvalue weighted by atomic mass is 28.4. The van der Waals surface area contributed by atoms with Gasteiger partial charge < -0.3 is 13.6 Å². The van der Waals surface area contributed by atoms with Crippen LogP contribution in [-0.4, -0.2) is 41.5 Å². The monoisotopic (exact) mass is 262 g/mol. The van der Waals surface area contributed by atoms with Gasteiger partial charge in [0.15, 0.2) is 0 Å². The van der Waals surface area contributed by atoms with Crippen LogP contribution in [0.4, 0.5) is 0 Å². The van der Waals surface area contributed by atoms with E-state index in [4.69, 9.17) is 4.43 Å². The molecular weight excluding hydrogens is 232 g/mol. The number of hydrogen-bond acceptors (Lipinski definition) is 3. The summed E-state index contributed by atoms with van der Waals surface area (Å²) in [6.45, 7) is 19.1. The smallest absolute Gasteiger partial charge is 0.331 e. The second kappa shape index (κ2) is 7.60. The molecule has 0 spiro atoms. The van der Waals surface area contributed by atoms with Gasteiger partial charge in [-0.2, -0.15) is 0 Å². The van der Waals surface area contributed by atoms with Crippen LogP contribution in [-0.2, 0) is 4.43 Å². The van der Waals surface area contributed by atoms with Gasteiger partial charge in [-0.3, -0.25) is 0 Å². The largest absolute Gasteiger partial charge is 0.394 e. The third-order valence-electron chi connectivity index (χ3n) is 2.41. The second-order valence-corrected chi connectivity index (χ2v) is 13.1. The number of nitrogens with one attached hydrogen (secondary N) is 1. The zero-order valence-electron chi connectivity index (χ0n) is 12.1. The van der Waals surface area contributed by atoms with Gasteiger partial charge in [0.1, 0.15) is 8.24 Å². The Bertz CT molecular complexity index is 177. The fourth-order valence-electron chi connectivity index (χ4n) is 1.71. The van der Waals surface area contributed by atoms with Crippen molar-refractivity contribution < 1.29 is 4.43 Å². The molecule has 0 heterocycles. The summed E-state index contributed by atoms with van der Waals surface area (Å²) in [5.41, 5.74) is 0. The zero-order valence-corrected chi connectivity index (χ0v) is 14.3. The highest BCUT2D eigenvalue weighted by Gasteiger charge is 2.32. The lowest BCUT2D eigenvalue weighted by molar-refractivity contribution is 0.289. The van der Waals surface area contributed by atoms with Gasteiger partial charge in [0.05, 0.1) is 0 Å². The predicted octanol–water partition coefficient (Wildman–Crippen LogP) is 2.14. The third kappa shape index (κ3) is 6.15. The summed E-state index contributed by atoms with van der Waals surface area (Å²) < 4.78 is 8.63. The standard InChI is InChI=1S/C11H30N2OSi2/c1-8-12-15(14-9-2)13(10-11(3)4)16(5,6)7/h11-12,15H,8-10H2,1-7H3. The van der Waals surface area contributed by atoms with E-state index in [-0.39, 0.29) is 0 Å². The zero-order chi connectivity index (χ0) is 12.8. The molecular formula is C11H30N2OSi2. The van der Waals surface area contributed by atoms with Crippen LogP contribution >= 0.6 is 0 Å². The Morgan fingerprint density at radius 2 is 1.81 bits per heavy atom. The minimum Gasteiger partial charge on any atom is -0.394 e. The van der Waals surface area contributed by atoms with Crippen molar-refractivity contribution in [1.82, 2.24) is 9.21 Å². The molecule has 0 aromatic rings. The molecule has 0 fully saturated rings. The Kier molecular flexibility index (Phi) is 7.75. The van der Waals surface area contributed by atoms with Gasteiger partial charge in [0, 0.05) is 6.61 Å². The Morgan fingerprint density at radius 1 is 1.25 bits per heavy atom. The minimum atomic E-state index is -1.38. The predicted molar refractivity (Wildman–Crippen MR) is 77.3 cm³/mol. The molecule has 16 heavy (non-hydrogen) atoms. The molecule has 0 bridgehead atoms. The highest BCUT2D eigenvalue weighted by Crippen LogP contribution is 2.14. The fraction of sp³-hybridized carbons (Fsp3) is 1.00. The van der Waals surface area contributed by atoms with Crippen LogP contribution in [0.2, 0.25) is 19.6 Å². The van der Waals surface area contributed by atoms with Crippen molar-refractivity contribution in [1.29, 1.82) is 0 Å². The van der Waals surface area contributed by atoms with Gasteiger partial charge in [-0.1, -0.05) is 40.4 Å². The topological polar surface area (TPSA) is 24.5 Å². The van der Waals surface area contributed by atoms with E-state index in [1.165, 1.54) is 6.54 Å². The summed E-state index contributed by atoms with van der Waals surface area (Å²) in [5.74, 6) is 0.709. The van der Waals surface area contributed by atoms with E-state index in [1.54, 1.807) is 0 Å². The van der Waals surface area contributed by atoms with Gasteiger partial charge in [0.2, 0.25) is 0 Å². The van der Waals surface area contributed by atoms with Gasteiger partial charge in [-0.15, -0.1) is 0 Å². The molecule has 0 amide bonds. The van der Waals surface area contributed by atoms with E-state index < -0.39 is 17.6 Å². The first-order chi connectivity index (χ1) is 7.32. The first kappa shape index (κ1) is 16.3. The van der Waals surface area contributed by atoms with Crippen molar-refractivity contribution >= 4 is 17.6 Å². The molecule has 1 atom stereocenters. The van der Waals surface area contributed by atoms with Crippen LogP contribution in [0.25, 0.3) is 0 Å². The van der Waals surface area contributed by atoms with Crippen molar-refractivity contribution in [3.05, 3.63) is 0 Å². The van der Waals surface area contributed by atoms with Crippen LogP contribution in [0.15, 0.2) is 0 Å². The Balaban J connectivity index is 4.66. The van der Waals surface area contributed by atoms with Crippen molar-refractivity contribution in [3.63, 3.8) is 0 Å². The van der Waals surface area contributed by atoms with Crippen LogP contribution in [0.3, 0.4) is 0 Å². The summed E-state index contributed by atoms with van der Waals surface area (Å²) in [5, 5.41) is 0. The van der Waals surface area contributed by atoms with Crippen LogP contribution in [0, 0.1) is 5.92 Å². The lowest BCUT2D eigenvalue weighted by Gasteiger charge is -2.40. The Hall–Kier alpha value is 0.314. The molecule has 0 aliphatic carbocycles. The number of hydrogen-bond donors (Lipinski definition) is 1. The Morgan fingerprint density at radius 3 is 2.12 bits per heavy atom. The van der Waals surface area contributed by atoms with Gasteiger partial charge >= 0.3 is 9.36 Å². The van der Waals surface area contributed by atoms with Crippen molar-refractivity contribution in [2.75, 3.05) is 19.7 Å². The first-order valence-electron chi connectivity index (χ1n) is 6.44. The van der Waals surface area contributed by atoms with E-state index in [2.05, 4.69) is 56.5 Å². The Labute approximate surface area is 105 Å². The quantitative estimate of drug-likeness (QED) is 0.678. The summed E-state index contributed by atoms with van der Waals surface area (Å²) in [4.78, 5) is 3.57. The molecule has 0 aliphatic rings. The summed E-state index contributed by atoms with van der Waals surface area (Å²) in [7, 11) is -2.66. The average Bonchev–Trinajstić information content (AvgIpc) is 2.12. The molecule has 5 heteroatoms. The van der Waals surface area contributed by atoms with E-state index in [1.807, 2.05) is 0 Å². The van der Waals surface area contributed by atoms with Crippen molar-refractivity contribution in [2.24, 2.45) is 5.92 Å². The maximum absolute atomic E-state index is 5.96. The van der Waals surface area contributed by atoms with Gasteiger partial charge in [-0.05, 0) is 25.9 Å². The van der Waals surface area contributed by atoms with Gasteiger partial charge in [0.25, 0.3) is 0 Å². The molecule has 1 unspecified atom stereocenters. The van der Waals surface area contributed by atoms with Gasteiger partial charge in [-0.25, -0.2) is 0 Å². The van der Waals surface area contributed by atoms with E-state index >= 15 is 0 Å². The highest BCUT2D eigenvalue weighted by molar-refractivity contribution is 6.81. The molecule has 0 aliphatic heterocycles. The molecule has 0 rings (SSSR count). The molecule has 0 aromatic heterocycles. The maximum atomic E-state index is 5.96. The first-order valence-corrected chi connectivity index (χ1v) is 11.5. The summed E-state index contributed by atoms with van der Waals surface area (Å²) in [6.07, 6.45) is 0. The maximum Gasteiger partial charge on any atom is 0.331 e. The van der Waals surface area contributed by atoms with Crippen LogP contribution in [0.5, 0.6) is 0 Å². The normalized spacial score (nSPS) is 14.8. The fourth-order valence-corrected chi connectivity index (χ4v) is 7.73. The van der Waals surface area contributed by atoms with Crippen molar-refractivity contribution in [2.45, 2.75) is 47.3 Å². The molecule has 0 aromatic carbocycles. The molecule has 0 radical (unpaired) electrons. The SMILES string of the molecule is CCN[SiH](OCC)N(CC(C)C)[Si](C)(C)C. The van der Waals surface area contributed by atoms with E-state index in [0.29, 0.717) is 5.92 Å². The lowest BCUT2D eigenvalue weighted by Crippen LogP contribution is -2.62. The summed E-state index contributed by atoms with van der Waals surface area (Å²) in [6, 6.07) is 0. The second-order valence-electron chi connectivity index (χ2n) is 5.58. The lowest BCUT2D eigenvalue weighted by atomic mass is 10.2. The summed E-state index contributed by atoms with van der Waals surface area (Å²) >= 11 is 0. The molecule has 0 saturated heterocycles. The molecule has 0 saturated carbocycles. The molecule has 98 valence electrons. The van der Waals surface area contributed by atoms with Crippen LogP contribution < -0.4 is 4.98 Å². The number of nitrogens with zero attached hydrogens (tertiary/aromatic N) is 1. The van der Waals surface area contributed by atoms with E-state index in [0.717, 1.165) is 13.2 Å². The molecule has 1 N–H and O–H groups in total.